The normalized spacial score (nSPS) is 10.9. The number of hydrogen-bond donors (Lipinski definition) is 0. The fourth-order valence-corrected chi connectivity index (χ4v) is 2.00. The van der Waals surface area contributed by atoms with Gasteiger partial charge in [-0.25, -0.2) is 0 Å². The molecule has 0 saturated heterocycles. The molecule has 0 spiro atoms. The van der Waals surface area contributed by atoms with Crippen molar-refractivity contribution in [2.45, 2.75) is 37.1 Å². The molecule has 0 radical (unpaired) electrons. The molecule has 0 heterocycles. The summed E-state index contributed by atoms with van der Waals surface area (Å²) in [7, 11) is 0. The van der Waals surface area contributed by atoms with Gasteiger partial charge in [0.1, 0.15) is 0 Å². The number of alkyl halides is 3. The SMILES string of the molecule is CCCC#Cc1c(C)cccc1SC(F)(F)F. The maximum Gasteiger partial charge on any atom is 0.446 e. The summed E-state index contributed by atoms with van der Waals surface area (Å²) in [5, 5.41) is 0. The summed E-state index contributed by atoms with van der Waals surface area (Å²) >= 11 is -0.103. The summed E-state index contributed by atoms with van der Waals surface area (Å²) in [5.41, 5.74) is -3.00. The van der Waals surface area contributed by atoms with Gasteiger partial charge in [-0.15, -0.1) is 0 Å². The third-order valence-corrected chi connectivity index (χ3v) is 2.84. The van der Waals surface area contributed by atoms with Crippen molar-refractivity contribution in [3.63, 3.8) is 0 Å². The Bertz CT molecular complexity index is 438. The van der Waals surface area contributed by atoms with Crippen LogP contribution in [0.15, 0.2) is 23.1 Å². The maximum atomic E-state index is 12.4. The zero-order valence-electron chi connectivity index (χ0n) is 9.69. The van der Waals surface area contributed by atoms with Gasteiger partial charge in [-0.2, -0.15) is 13.2 Å². The van der Waals surface area contributed by atoms with Crippen molar-refractivity contribution in [1.82, 2.24) is 0 Å². The Morgan fingerprint density at radius 1 is 1.29 bits per heavy atom. The third-order valence-electron chi connectivity index (χ3n) is 2.05. The highest BCUT2D eigenvalue weighted by atomic mass is 32.2. The minimum Gasteiger partial charge on any atom is -0.160 e. The van der Waals surface area contributed by atoms with E-state index in [1.54, 1.807) is 19.1 Å². The number of thioether (sulfide) groups is 1. The largest absolute Gasteiger partial charge is 0.446 e. The molecule has 0 atom stereocenters. The summed E-state index contributed by atoms with van der Waals surface area (Å²) < 4.78 is 37.1. The van der Waals surface area contributed by atoms with Crippen LogP contribution in [0.5, 0.6) is 0 Å². The molecule has 0 unspecified atom stereocenters. The van der Waals surface area contributed by atoms with E-state index in [0.29, 0.717) is 12.0 Å². The van der Waals surface area contributed by atoms with Crippen molar-refractivity contribution in [3.05, 3.63) is 29.3 Å². The predicted octanol–water partition coefficient (Wildman–Crippen LogP) is 4.76. The van der Waals surface area contributed by atoms with Gasteiger partial charge in [0.05, 0.1) is 0 Å². The lowest BCUT2D eigenvalue weighted by molar-refractivity contribution is -0.0328. The van der Waals surface area contributed by atoms with E-state index in [1.807, 2.05) is 6.92 Å². The summed E-state index contributed by atoms with van der Waals surface area (Å²) in [4.78, 5) is 0.182. The van der Waals surface area contributed by atoms with Crippen LogP contribution in [0.25, 0.3) is 0 Å². The molecule has 0 aliphatic carbocycles. The summed E-state index contributed by atoms with van der Waals surface area (Å²) in [6.45, 7) is 3.76. The molecule has 0 fully saturated rings. The number of aryl methyl sites for hydroxylation is 1. The van der Waals surface area contributed by atoms with Gasteiger partial charge in [0.2, 0.25) is 0 Å². The fraction of sp³-hybridized carbons (Fsp3) is 0.385. The Morgan fingerprint density at radius 2 is 2.00 bits per heavy atom. The highest BCUT2D eigenvalue weighted by Crippen LogP contribution is 2.38. The van der Waals surface area contributed by atoms with Crippen LogP contribution in [0.2, 0.25) is 0 Å². The van der Waals surface area contributed by atoms with Gasteiger partial charge in [0, 0.05) is 16.9 Å². The van der Waals surface area contributed by atoms with E-state index in [4.69, 9.17) is 0 Å². The molecule has 0 bridgehead atoms. The third kappa shape index (κ3) is 4.74. The smallest absolute Gasteiger partial charge is 0.160 e. The van der Waals surface area contributed by atoms with Crippen molar-refractivity contribution >= 4 is 11.8 Å². The first-order valence-electron chi connectivity index (χ1n) is 5.28. The average molecular weight is 258 g/mol. The molecule has 0 nitrogen and oxygen atoms in total. The van der Waals surface area contributed by atoms with Crippen LogP contribution in [0, 0.1) is 18.8 Å². The predicted molar refractivity (Wildman–Crippen MR) is 64.9 cm³/mol. The first-order valence-corrected chi connectivity index (χ1v) is 6.10. The number of unbranched alkanes of at least 4 members (excludes halogenated alkanes) is 1. The lowest BCUT2D eigenvalue weighted by Crippen LogP contribution is -2.00. The van der Waals surface area contributed by atoms with E-state index in [2.05, 4.69) is 11.8 Å². The Hall–Kier alpha value is -1.08. The van der Waals surface area contributed by atoms with E-state index in [0.717, 1.165) is 12.0 Å². The molecule has 0 amide bonds. The highest BCUT2D eigenvalue weighted by molar-refractivity contribution is 8.00. The molecule has 4 heteroatoms. The molecule has 1 rings (SSSR count). The fourth-order valence-electron chi connectivity index (χ4n) is 1.29. The Labute approximate surface area is 104 Å². The van der Waals surface area contributed by atoms with Crippen LogP contribution in [-0.4, -0.2) is 5.51 Å². The molecule has 1 aromatic rings. The van der Waals surface area contributed by atoms with Gasteiger partial charge in [-0.3, -0.25) is 0 Å². The van der Waals surface area contributed by atoms with Crippen molar-refractivity contribution in [2.24, 2.45) is 0 Å². The minimum absolute atomic E-state index is 0.103. The number of rotatable bonds is 2. The number of halogens is 3. The average Bonchev–Trinajstić information content (AvgIpc) is 2.20. The molecule has 17 heavy (non-hydrogen) atoms. The van der Waals surface area contributed by atoms with E-state index in [9.17, 15) is 13.2 Å². The van der Waals surface area contributed by atoms with Gasteiger partial charge in [-0.05, 0) is 36.7 Å². The summed E-state index contributed by atoms with van der Waals surface area (Å²) in [6, 6.07) is 4.85. The standard InChI is InChI=1S/C13H13F3S/c1-3-4-5-8-11-10(2)7-6-9-12(11)17-13(14,15)16/h6-7,9H,3-4H2,1-2H3. The van der Waals surface area contributed by atoms with Gasteiger partial charge < -0.3 is 0 Å². The van der Waals surface area contributed by atoms with Crippen LogP contribution in [-0.2, 0) is 0 Å². The van der Waals surface area contributed by atoms with Crippen LogP contribution >= 0.6 is 11.8 Å². The topological polar surface area (TPSA) is 0 Å². The van der Waals surface area contributed by atoms with Crippen LogP contribution in [0.1, 0.15) is 30.9 Å². The van der Waals surface area contributed by atoms with Crippen molar-refractivity contribution in [2.75, 3.05) is 0 Å². The van der Waals surface area contributed by atoms with Crippen molar-refractivity contribution < 1.29 is 13.2 Å². The van der Waals surface area contributed by atoms with Crippen LogP contribution in [0.3, 0.4) is 0 Å². The lowest BCUT2D eigenvalue weighted by atomic mass is 10.1. The zero-order valence-corrected chi connectivity index (χ0v) is 10.5. The van der Waals surface area contributed by atoms with E-state index in [1.165, 1.54) is 6.07 Å². The van der Waals surface area contributed by atoms with E-state index < -0.39 is 5.51 Å². The Morgan fingerprint density at radius 3 is 2.59 bits per heavy atom. The minimum atomic E-state index is -4.27. The van der Waals surface area contributed by atoms with Crippen LogP contribution in [0.4, 0.5) is 13.2 Å². The number of hydrogen-bond acceptors (Lipinski definition) is 1. The second-order valence-corrected chi connectivity index (χ2v) is 4.65. The second kappa shape index (κ2) is 6.02. The molecule has 0 aromatic heterocycles. The maximum absolute atomic E-state index is 12.4. The molecule has 0 aliphatic heterocycles. The van der Waals surface area contributed by atoms with E-state index in [-0.39, 0.29) is 16.7 Å². The Kier molecular flexibility index (Phi) is 4.95. The highest BCUT2D eigenvalue weighted by Gasteiger charge is 2.30. The molecule has 92 valence electrons. The Balaban J connectivity index is 3.06. The molecular weight excluding hydrogens is 245 g/mol. The van der Waals surface area contributed by atoms with Gasteiger partial charge >= 0.3 is 5.51 Å². The van der Waals surface area contributed by atoms with E-state index >= 15 is 0 Å². The molecular formula is C13H13F3S. The summed E-state index contributed by atoms with van der Waals surface area (Å²) in [6.07, 6.45) is 1.60. The van der Waals surface area contributed by atoms with Crippen molar-refractivity contribution in [3.8, 4) is 11.8 Å². The van der Waals surface area contributed by atoms with Gasteiger partial charge in [0.15, 0.2) is 0 Å². The lowest BCUT2D eigenvalue weighted by Gasteiger charge is -2.09. The molecule has 1 aromatic carbocycles. The van der Waals surface area contributed by atoms with Gasteiger partial charge in [0.25, 0.3) is 0 Å². The number of benzene rings is 1. The monoisotopic (exact) mass is 258 g/mol. The second-order valence-electron chi connectivity index (χ2n) is 3.55. The summed E-state index contributed by atoms with van der Waals surface area (Å²) in [5.74, 6) is 5.72. The first-order chi connectivity index (χ1) is 7.94. The first kappa shape index (κ1) is 14.0. The zero-order chi connectivity index (χ0) is 12.9. The van der Waals surface area contributed by atoms with Crippen LogP contribution < -0.4 is 0 Å². The van der Waals surface area contributed by atoms with Crippen molar-refractivity contribution in [1.29, 1.82) is 0 Å². The molecule has 0 N–H and O–H groups in total. The quantitative estimate of drug-likeness (QED) is 0.544. The van der Waals surface area contributed by atoms with Gasteiger partial charge in [-0.1, -0.05) is 30.9 Å². The molecule has 0 aliphatic rings. The molecule has 0 saturated carbocycles.